The summed E-state index contributed by atoms with van der Waals surface area (Å²) < 4.78 is 5.40. The molecule has 0 radical (unpaired) electrons. The number of hydrogen-bond donors (Lipinski definition) is 3. The van der Waals surface area contributed by atoms with Crippen LogP contribution in [-0.2, 0) is 9.59 Å². The van der Waals surface area contributed by atoms with Gasteiger partial charge >= 0.3 is 0 Å². The topological polar surface area (TPSA) is 107 Å². The first kappa shape index (κ1) is 16.9. The Hall–Kier alpha value is -2.15. The molecule has 0 saturated carbocycles. The number of nitrogens with two attached hydrogens (primary N) is 2. The Morgan fingerprint density at radius 3 is 2.57 bits per heavy atom. The van der Waals surface area contributed by atoms with Crippen LogP contribution in [0.5, 0.6) is 5.75 Å². The lowest BCUT2D eigenvalue weighted by Gasteiger charge is -2.10. The van der Waals surface area contributed by atoms with Crippen LogP contribution in [-0.4, -0.2) is 30.0 Å². The molecular weight excluding hydrogens is 290 g/mol. The van der Waals surface area contributed by atoms with E-state index in [1.807, 2.05) is 0 Å². The summed E-state index contributed by atoms with van der Waals surface area (Å²) in [5.41, 5.74) is 11.2. The molecule has 0 saturated heterocycles. The molecule has 21 heavy (non-hydrogen) atoms. The van der Waals surface area contributed by atoms with Crippen molar-refractivity contribution in [3.63, 3.8) is 0 Å². The maximum Gasteiger partial charge on any atom is 0.257 e. The summed E-state index contributed by atoms with van der Waals surface area (Å²) >= 11 is 4.91. The van der Waals surface area contributed by atoms with Gasteiger partial charge in [0.05, 0.1) is 5.56 Å². The van der Waals surface area contributed by atoms with Crippen molar-refractivity contribution >= 4 is 29.0 Å². The summed E-state index contributed by atoms with van der Waals surface area (Å²) in [6.45, 7) is 0.363. The predicted octanol–water partition coefficient (Wildman–Crippen LogP) is 0.471. The number of carbonyl (C=O) groups is 2. The largest absolute Gasteiger partial charge is 0.483 e. The van der Waals surface area contributed by atoms with Crippen molar-refractivity contribution in [1.29, 1.82) is 0 Å². The average molecular weight is 309 g/mol. The molecule has 0 aliphatic heterocycles. The highest BCUT2D eigenvalue weighted by Gasteiger charge is 2.08. The number of ether oxygens (including phenoxy) is 1. The van der Waals surface area contributed by atoms with E-state index < -0.39 is 0 Å². The summed E-state index contributed by atoms with van der Waals surface area (Å²) in [7, 11) is 0. The molecule has 6 nitrogen and oxygen atoms in total. The molecule has 7 heteroatoms. The van der Waals surface area contributed by atoms with Crippen LogP contribution in [0, 0.1) is 0 Å². The van der Waals surface area contributed by atoms with E-state index in [1.165, 1.54) is 0 Å². The Balaban J connectivity index is 2.30. The van der Waals surface area contributed by atoms with E-state index in [0.717, 1.165) is 0 Å². The monoisotopic (exact) mass is 309 g/mol. The molecule has 0 spiro atoms. The molecule has 0 aliphatic rings. The van der Waals surface area contributed by atoms with Gasteiger partial charge in [0, 0.05) is 13.0 Å². The second kappa shape index (κ2) is 8.91. The number of nitrogens with one attached hydrogen (secondary N) is 1. The fraction of sp³-hybridized carbons (Fsp3) is 0.357. The van der Waals surface area contributed by atoms with Gasteiger partial charge in [0.2, 0.25) is 5.91 Å². The van der Waals surface area contributed by atoms with Gasteiger partial charge in [0.1, 0.15) is 10.7 Å². The first-order valence-electron chi connectivity index (χ1n) is 6.57. The third-order valence-electron chi connectivity index (χ3n) is 2.68. The van der Waals surface area contributed by atoms with E-state index in [2.05, 4.69) is 5.32 Å². The maximum atomic E-state index is 11.6. The molecule has 1 rings (SSSR count). The molecule has 0 fully saturated rings. The Kier molecular flexibility index (Phi) is 7.17. The van der Waals surface area contributed by atoms with Crippen molar-refractivity contribution in [3.8, 4) is 5.75 Å². The third-order valence-corrected chi connectivity index (χ3v) is 2.90. The Bertz CT molecular complexity index is 520. The zero-order valence-corrected chi connectivity index (χ0v) is 12.4. The standard InChI is InChI=1S/C14H19N3O3S/c15-12(18)7-3-4-8-17-13(19)9-20-11-6-2-1-5-10(11)14(16)21/h1-2,5-6H,3-4,7-9H2,(H2,15,18)(H2,16,21)(H,17,19). The quantitative estimate of drug-likeness (QED) is 0.454. The molecule has 1 aromatic carbocycles. The molecular formula is C14H19N3O3S. The minimum Gasteiger partial charge on any atom is -0.483 e. The summed E-state index contributed by atoms with van der Waals surface area (Å²) in [4.78, 5) is 22.4. The molecule has 5 N–H and O–H groups in total. The number of thiocarbonyl (C=S) groups is 1. The van der Waals surface area contributed by atoms with E-state index in [1.54, 1.807) is 24.3 Å². The number of rotatable bonds is 9. The first-order valence-corrected chi connectivity index (χ1v) is 6.98. The number of benzene rings is 1. The van der Waals surface area contributed by atoms with Gasteiger partial charge in [-0.1, -0.05) is 24.4 Å². The Morgan fingerprint density at radius 2 is 1.90 bits per heavy atom. The smallest absolute Gasteiger partial charge is 0.257 e. The van der Waals surface area contributed by atoms with Crippen LogP contribution in [0.3, 0.4) is 0 Å². The van der Waals surface area contributed by atoms with E-state index in [-0.39, 0.29) is 23.4 Å². The van der Waals surface area contributed by atoms with Crippen LogP contribution in [0.4, 0.5) is 0 Å². The van der Waals surface area contributed by atoms with Gasteiger partial charge in [0.15, 0.2) is 6.61 Å². The average Bonchev–Trinajstić information content (AvgIpc) is 2.44. The molecule has 0 aromatic heterocycles. The van der Waals surface area contributed by atoms with E-state index in [9.17, 15) is 9.59 Å². The van der Waals surface area contributed by atoms with Crippen molar-refractivity contribution < 1.29 is 14.3 Å². The van der Waals surface area contributed by atoms with Crippen LogP contribution in [0.1, 0.15) is 24.8 Å². The first-order chi connectivity index (χ1) is 10.0. The van der Waals surface area contributed by atoms with Crippen LogP contribution in [0.15, 0.2) is 24.3 Å². The van der Waals surface area contributed by atoms with Gasteiger partial charge in [-0.2, -0.15) is 0 Å². The fourth-order valence-corrected chi connectivity index (χ4v) is 1.81. The highest BCUT2D eigenvalue weighted by molar-refractivity contribution is 7.80. The lowest BCUT2D eigenvalue weighted by atomic mass is 10.2. The molecule has 0 heterocycles. The van der Waals surface area contributed by atoms with Gasteiger partial charge in [-0.15, -0.1) is 0 Å². The number of hydrogen-bond acceptors (Lipinski definition) is 4. The van der Waals surface area contributed by atoms with Gasteiger partial charge in [0.25, 0.3) is 5.91 Å². The molecule has 114 valence electrons. The number of primary amides is 1. The number of para-hydroxylation sites is 1. The SMILES string of the molecule is NC(=O)CCCCNC(=O)COc1ccccc1C(N)=S. The minimum atomic E-state index is -0.334. The molecule has 0 aliphatic carbocycles. The number of unbranched alkanes of at least 4 members (excludes halogenated alkanes) is 1. The summed E-state index contributed by atoms with van der Waals surface area (Å²) in [5, 5.41) is 2.70. The predicted molar refractivity (Wildman–Crippen MR) is 83.9 cm³/mol. The lowest BCUT2D eigenvalue weighted by molar-refractivity contribution is -0.123. The van der Waals surface area contributed by atoms with Crippen LogP contribution >= 0.6 is 12.2 Å². The minimum absolute atomic E-state index is 0.116. The second-order valence-corrected chi connectivity index (χ2v) is 4.86. The zero-order valence-electron chi connectivity index (χ0n) is 11.6. The molecule has 2 amide bonds. The van der Waals surface area contributed by atoms with Crippen LogP contribution < -0.4 is 21.5 Å². The van der Waals surface area contributed by atoms with E-state index in [0.29, 0.717) is 37.1 Å². The fourth-order valence-electron chi connectivity index (χ4n) is 1.64. The van der Waals surface area contributed by atoms with Gasteiger partial charge < -0.3 is 21.5 Å². The van der Waals surface area contributed by atoms with Gasteiger partial charge in [-0.05, 0) is 25.0 Å². The maximum absolute atomic E-state index is 11.6. The lowest BCUT2D eigenvalue weighted by Crippen LogP contribution is -2.30. The van der Waals surface area contributed by atoms with Crippen molar-refractivity contribution in [2.75, 3.05) is 13.2 Å². The molecule has 0 atom stereocenters. The summed E-state index contributed by atoms with van der Waals surface area (Å²) in [6, 6.07) is 7.01. The van der Waals surface area contributed by atoms with Crippen LogP contribution in [0.25, 0.3) is 0 Å². The molecule has 1 aromatic rings. The zero-order chi connectivity index (χ0) is 15.7. The summed E-state index contributed by atoms with van der Waals surface area (Å²) in [5.74, 6) is -0.0975. The second-order valence-electron chi connectivity index (χ2n) is 4.42. The summed E-state index contributed by atoms with van der Waals surface area (Å²) in [6.07, 6.45) is 1.67. The Morgan fingerprint density at radius 1 is 1.19 bits per heavy atom. The van der Waals surface area contributed by atoms with Crippen LogP contribution in [0.2, 0.25) is 0 Å². The number of carbonyl (C=O) groups excluding carboxylic acids is 2. The normalized spacial score (nSPS) is 9.90. The molecule has 0 bridgehead atoms. The van der Waals surface area contributed by atoms with Crippen molar-refractivity contribution in [2.24, 2.45) is 11.5 Å². The number of amides is 2. The van der Waals surface area contributed by atoms with E-state index in [4.69, 9.17) is 28.4 Å². The van der Waals surface area contributed by atoms with Crippen molar-refractivity contribution in [3.05, 3.63) is 29.8 Å². The van der Waals surface area contributed by atoms with Crippen molar-refractivity contribution in [2.45, 2.75) is 19.3 Å². The van der Waals surface area contributed by atoms with Crippen molar-refractivity contribution in [1.82, 2.24) is 5.32 Å². The van der Waals surface area contributed by atoms with E-state index >= 15 is 0 Å². The third kappa shape index (κ3) is 6.71. The van der Waals surface area contributed by atoms with Gasteiger partial charge in [-0.25, -0.2) is 0 Å². The molecule has 0 unspecified atom stereocenters. The highest BCUT2D eigenvalue weighted by atomic mass is 32.1. The van der Waals surface area contributed by atoms with Gasteiger partial charge in [-0.3, -0.25) is 9.59 Å². The highest BCUT2D eigenvalue weighted by Crippen LogP contribution is 2.17. The Labute approximate surface area is 128 Å².